The van der Waals surface area contributed by atoms with Gasteiger partial charge in [-0.15, -0.1) is 0 Å². The number of likely N-dealkylation sites (N-methyl/N-ethyl adjacent to an activating group) is 2. The van der Waals surface area contributed by atoms with Crippen molar-refractivity contribution < 1.29 is 28.7 Å². The zero-order chi connectivity index (χ0) is 37.5. The number of carbonyl (C=O) groups excluding carboxylic acids is 4. The maximum Gasteiger partial charge on any atom is 0.245 e. The van der Waals surface area contributed by atoms with Gasteiger partial charge in [0.25, 0.3) is 0 Å². The summed E-state index contributed by atoms with van der Waals surface area (Å²) in [4.78, 5) is 60.0. The molecule has 284 valence electrons. The maximum atomic E-state index is 14.1. The monoisotopic (exact) mass is 703 g/mol. The summed E-state index contributed by atoms with van der Waals surface area (Å²) in [6, 6.07) is 8.07. The van der Waals surface area contributed by atoms with Crippen LogP contribution in [0.3, 0.4) is 0 Å². The lowest BCUT2D eigenvalue weighted by Gasteiger charge is -2.40. The van der Waals surface area contributed by atoms with Crippen LogP contribution in [0.4, 0.5) is 0 Å². The van der Waals surface area contributed by atoms with Gasteiger partial charge in [0, 0.05) is 34.4 Å². The van der Waals surface area contributed by atoms with Crippen molar-refractivity contribution in [3.8, 4) is 0 Å². The number of likely N-dealkylation sites (tertiary alicyclic amines) is 1. The minimum absolute atomic E-state index is 0.0122. The van der Waals surface area contributed by atoms with E-state index in [2.05, 4.69) is 10.6 Å². The first-order valence-corrected chi connectivity index (χ1v) is 18.3. The molecule has 4 N–H and O–H groups in total. The number of hydrogen-bond acceptors (Lipinski definition) is 8. The van der Waals surface area contributed by atoms with Gasteiger partial charge in [0.2, 0.25) is 23.6 Å². The highest BCUT2D eigenvalue weighted by atomic mass is 16.5. The summed E-state index contributed by atoms with van der Waals surface area (Å²) in [5, 5.41) is 6.01. The fraction of sp³-hybridized carbons (Fsp3) is 0.737. The molecule has 1 aromatic rings. The van der Waals surface area contributed by atoms with Gasteiger partial charge in [-0.3, -0.25) is 24.1 Å². The van der Waals surface area contributed by atoms with Gasteiger partial charge in [-0.25, -0.2) is 0 Å². The number of nitrogens with one attached hydrogen (secondary N) is 2. The fourth-order valence-electron chi connectivity index (χ4n) is 7.50. The lowest BCUT2D eigenvalue weighted by molar-refractivity contribution is -0.147. The smallest absolute Gasteiger partial charge is 0.245 e. The van der Waals surface area contributed by atoms with Crippen LogP contribution in [-0.4, -0.2) is 130 Å². The summed E-state index contributed by atoms with van der Waals surface area (Å²) in [7, 11) is 8.57. The number of benzene rings is 1. The Labute approximate surface area is 301 Å². The largest absolute Gasteiger partial charge is 0.379 e. The molecule has 12 nitrogen and oxygen atoms in total. The van der Waals surface area contributed by atoms with Crippen molar-refractivity contribution in [3.05, 3.63) is 35.9 Å². The van der Waals surface area contributed by atoms with Gasteiger partial charge in [0.1, 0.15) is 6.04 Å². The van der Waals surface area contributed by atoms with E-state index in [4.69, 9.17) is 15.2 Å². The molecule has 8 atom stereocenters. The van der Waals surface area contributed by atoms with Gasteiger partial charge in [0.05, 0.1) is 42.7 Å². The average molecular weight is 703 g/mol. The standard InChI is InChI=1S/C38H66N6O6/c1-11-26(4)34(43(8)38(48)29(19-21-39)41-37(47)33(25(2)3)42(6)7)31(49-9)24-32(45)44-23-15-18-30(44)35(50-10)27(5)36(46)40-22-20-28-16-13-12-14-17-28/h12-14,16-17,25-27,29-31,33-35H,11,15,18-24,39H2,1-10H3,(H,40,46)(H,41,47)/t26-,27+,29-,30-,31+,33?,34-,35+/m0/s1. The van der Waals surface area contributed by atoms with Crippen molar-refractivity contribution in [1.29, 1.82) is 0 Å². The first-order valence-electron chi connectivity index (χ1n) is 18.3. The maximum absolute atomic E-state index is 14.1. The second-order valence-electron chi connectivity index (χ2n) is 14.4. The van der Waals surface area contributed by atoms with Crippen LogP contribution in [0.1, 0.15) is 72.3 Å². The summed E-state index contributed by atoms with van der Waals surface area (Å²) in [5.74, 6) is -1.15. The third-order valence-corrected chi connectivity index (χ3v) is 10.3. The van der Waals surface area contributed by atoms with Crippen LogP contribution >= 0.6 is 0 Å². The van der Waals surface area contributed by atoms with E-state index in [1.807, 2.05) is 88.8 Å². The van der Waals surface area contributed by atoms with Crippen LogP contribution in [0.5, 0.6) is 0 Å². The van der Waals surface area contributed by atoms with Gasteiger partial charge < -0.3 is 35.6 Å². The first kappa shape index (κ1) is 43.1. The molecule has 0 spiro atoms. The minimum atomic E-state index is -0.816. The Morgan fingerprint density at radius 2 is 1.66 bits per heavy atom. The van der Waals surface area contributed by atoms with E-state index in [9.17, 15) is 19.2 Å². The average Bonchev–Trinajstić information content (AvgIpc) is 3.57. The zero-order valence-electron chi connectivity index (χ0n) is 32.3. The van der Waals surface area contributed by atoms with E-state index < -0.39 is 36.3 Å². The number of methoxy groups -OCH3 is 2. The third kappa shape index (κ3) is 11.7. The SMILES string of the molecule is CC[C@H](C)[C@@H]([C@@H](CC(=O)N1CCC[C@H]1[C@H](OC)[C@@H](C)C(=O)NCCc1ccccc1)OC)N(C)C(=O)[C@H](CCN)NC(=O)C(C(C)C)N(C)C. The number of hydrogen-bond donors (Lipinski definition) is 3. The Balaban J connectivity index is 2.20. The topological polar surface area (TPSA) is 147 Å². The van der Waals surface area contributed by atoms with Crippen LogP contribution in [0.2, 0.25) is 0 Å². The molecule has 1 aromatic carbocycles. The van der Waals surface area contributed by atoms with Crippen molar-refractivity contribution in [3.63, 3.8) is 0 Å². The second kappa shape index (κ2) is 21.3. The quantitative estimate of drug-likeness (QED) is 0.177. The van der Waals surface area contributed by atoms with Gasteiger partial charge in [0.15, 0.2) is 0 Å². The normalized spacial score (nSPS) is 19.0. The van der Waals surface area contributed by atoms with Crippen LogP contribution < -0.4 is 16.4 Å². The molecule has 1 aliphatic rings. The Morgan fingerprint density at radius 3 is 2.20 bits per heavy atom. The van der Waals surface area contributed by atoms with Crippen molar-refractivity contribution in [2.45, 2.75) is 110 Å². The van der Waals surface area contributed by atoms with Gasteiger partial charge in [-0.1, -0.05) is 71.4 Å². The first-order chi connectivity index (χ1) is 23.7. The Kier molecular flexibility index (Phi) is 18.4. The van der Waals surface area contributed by atoms with Gasteiger partial charge >= 0.3 is 0 Å². The van der Waals surface area contributed by atoms with Crippen molar-refractivity contribution >= 4 is 23.6 Å². The summed E-state index contributed by atoms with van der Waals surface area (Å²) < 4.78 is 11.9. The molecule has 1 fully saturated rings. The van der Waals surface area contributed by atoms with Crippen LogP contribution in [-0.2, 0) is 35.1 Å². The van der Waals surface area contributed by atoms with E-state index in [1.165, 1.54) is 0 Å². The van der Waals surface area contributed by atoms with Crippen LogP contribution in [0, 0.1) is 17.8 Å². The molecule has 0 aliphatic carbocycles. The van der Waals surface area contributed by atoms with Gasteiger partial charge in [-0.05, 0) is 63.7 Å². The van der Waals surface area contributed by atoms with Crippen LogP contribution in [0.15, 0.2) is 30.3 Å². The molecular formula is C38H66N6O6. The molecule has 0 bridgehead atoms. The molecule has 0 saturated carbocycles. The molecule has 1 unspecified atom stereocenters. The molecule has 0 radical (unpaired) electrons. The predicted molar refractivity (Wildman–Crippen MR) is 197 cm³/mol. The summed E-state index contributed by atoms with van der Waals surface area (Å²) >= 11 is 0. The highest BCUT2D eigenvalue weighted by Crippen LogP contribution is 2.29. The highest BCUT2D eigenvalue weighted by molar-refractivity contribution is 5.90. The zero-order valence-corrected chi connectivity index (χ0v) is 32.3. The molecular weight excluding hydrogens is 636 g/mol. The van der Waals surface area contributed by atoms with Gasteiger partial charge in [-0.2, -0.15) is 0 Å². The lowest BCUT2D eigenvalue weighted by Crippen LogP contribution is -2.58. The Morgan fingerprint density at radius 1 is 1.00 bits per heavy atom. The molecule has 1 heterocycles. The molecule has 50 heavy (non-hydrogen) atoms. The number of carbonyl (C=O) groups is 4. The number of nitrogens with zero attached hydrogens (tertiary/aromatic N) is 3. The number of rotatable bonds is 21. The minimum Gasteiger partial charge on any atom is -0.379 e. The van der Waals surface area contributed by atoms with E-state index >= 15 is 0 Å². The molecule has 12 heteroatoms. The molecule has 2 rings (SSSR count). The molecule has 0 aromatic heterocycles. The Hall–Kier alpha value is -3.06. The predicted octanol–water partition coefficient (Wildman–Crippen LogP) is 2.69. The number of nitrogens with two attached hydrogens (primary N) is 1. The lowest BCUT2D eigenvalue weighted by atomic mass is 9.90. The number of amides is 4. The molecule has 4 amide bonds. The van der Waals surface area contributed by atoms with Crippen molar-refractivity contribution in [2.24, 2.45) is 23.5 Å². The van der Waals surface area contributed by atoms with E-state index in [0.717, 1.165) is 31.2 Å². The third-order valence-electron chi connectivity index (χ3n) is 10.3. The Bertz CT molecular complexity index is 1190. The van der Waals surface area contributed by atoms with E-state index in [-0.39, 0.29) is 60.9 Å². The fourth-order valence-corrected chi connectivity index (χ4v) is 7.50. The number of ether oxygens (including phenoxy) is 2. The molecule has 1 aliphatic heterocycles. The summed E-state index contributed by atoms with van der Waals surface area (Å²) in [6.07, 6.45) is 2.25. The second-order valence-corrected chi connectivity index (χ2v) is 14.4. The van der Waals surface area contributed by atoms with E-state index in [1.54, 1.807) is 26.2 Å². The molecule has 1 saturated heterocycles. The van der Waals surface area contributed by atoms with Crippen molar-refractivity contribution in [1.82, 2.24) is 25.3 Å². The van der Waals surface area contributed by atoms with Crippen LogP contribution in [0.25, 0.3) is 0 Å². The summed E-state index contributed by atoms with van der Waals surface area (Å²) in [6.45, 7) is 11.2. The van der Waals surface area contributed by atoms with E-state index in [0.29, 0.717) is 13.1 Å². The summed E-state index contributed by atoms with van der Waals surface area (Å²) in [5.41, 5.74) is 7.07. The highest BCUT2D eigenvalue weighted by Gasteiger charge is 2.42. The van der Waals surface area contributed by atoms with Crippen molar-refractivity contribution in [2.75, 3.05) is 55.0 Å².